The quantitative estimate of drug-likeness (QED) is 0.0545. The molecule has 0 N–H and O–H groups in total. The Kier molecular flexibility index (Phi) is 15.1. The van der Waals surface area contributed by atoms with Gasteiger partial charge in [-0.1, -0.05) is 158 Å². The van der Waals surface area contributed by atoms with Crippen LogP contribution in [0, 0.1) is 0 Å². The molecule has 5 aromatic carbocycles. The number of rotatable bonds is 21. The second kappa shape index (κ2) is 20.6. The van der Waals surface area contributed by atoms with E-state index < -0.39 is 46.2 Å². The maximum Gasteiger partial charge on any atom is 0.264 e. The molecule has 0 heterocycles. The Labute approximate surface area is 330 Å². The molecule has 0 spiro atoms. The smallest absolute Gasteiger partial charge is 0.264 e. The zero-order chi connectivity index (χ0) is 39.1. The molecular weight excluding hydrogens is 729 g/mol. The van der Waals surface area contributed by atoms with E-state index in [0.29, 0.717) is 0 Å². The van der Waals surface area contributed by atoms with Gasteiger partial charge in [0.2, 0.25) is 0 Å². The van der Waals surface area contributed by atoms with Crippen LogP contribution >= 0.6 is 0 Å². The third-order valence-corrected chi connectivity index (χ3v) is 10.1. The summed E-state index contributed by atoms with van der Waals surface area (Å²) in [5.74, 6) is 0. The Balaban J connectivity index is 1.52. The molecular formula is C46H50O9S. The van der Waals surface area contributed by atoms with Gasteiger partial charge < -0.3 is 28.4 Å². The Morgan fingerprint density at radius 1 is 0.518 bits per heavy atom. The van der Waals surface area contributed by atoms with Gasteiger partial charge in [-0.3, -0.25) is 4.18 Å². The van der Waals surface area contributed by atoms with Crippen molar-refractivity contribution in [3.05, 3.63) is 192 Å². The van der Waals surface area contributed by atoms with Gasteiger partial charge in [0.05, 0.1) is 52.5 Å². The molecule has 1 aliphatic carbocycles. The lowest BCUT2D eigenvalue weighted by atomic mass is 9.74. The topological polar surface area (TPSA) is 98.8 Å². The van der Waals surface area contributed by atoms with E-state index in [1.165, 1.54) is 0 Å². The van der Waals surface area contributed by atoms with Crippen LogP contribution in [-0.2, 0) is 75.8 Å². The van der Waals surface area contributed by atoms with Gasteiger partial charge in [-0.25, -0.2) is 0 Å². The van der Waals surface area contributed by atoms with Crippen molar-refractivity contribution in [2.75, 3.05) is 19.5 Å². The first-order chi connectivity index (χ1) is 27.3. The van der Waals surface area contributed by atoms with Gasteiger partial charge in [-0.15, -0.1) is 6.58 Å². The summed E-state index contributed by atoms with van der Waals surface area (Å²) >= 11 is 0. The molecule has 6 atom stereocenters. The third kappa shape index (κ3) is 11.5. The summed E-state index contributed by atoms with van der Waals surface area (Å²) in [6.07, 6.45) is -2.64. The summed E-state index contributed by atoms with van der Waals surface area (Å²) < 4.78 is 73.9. The molecule has 0 aromatic heterocycles. The molecule has 1 aliphatic rings. The maximum absolute atomic E-state index is 13.4. The zero-order valence-corrected chi connectivity index (χ0v) is 32.5. The highest BCUT2D eigenvalue weighted by atomic mass is 32.2. The molecule has 6 rings (SSSR count). The fraction of sp³-hybridized carbons (Fsp3) is 0.304. The Hall–Kier alpha value is -4.49. The lowest BCUT2D eigenvalue weighted by Crippen LogP contribution is -2.75. The SMILES string of the molecule is C=CCO[C@@H]1[C@H](OCc2ccccc2)[C@@H](OCc2ccccc2)[C@H](OCc2ccccc2)[C@](COCc2ccccc2)(OCc2ccccc2)[C@H]1OS(C)(=O)=O. The predicted octanol–water partition coefficient (Wildman–Crippen LogP) is 7.84. The number of ether oxygens (including phenoxy) is 6. The molecule has 0 aliphatic heterocycles. The van der Waals surface area contributed by atoms with E-state index in [-0.39, 0.29) is 46.2 Å². The third-order valence-electron chi connectivity index (χ3n) is 9.53. The molecule has 5 aromatic rings. The molecule has 10 heteroatoms. The summed E-state index contributed by atoms with van der Waals surface area (Å²) in [5, 5.41) is 0. The van der Waals surface area contributed by atoms with Crippen molar-refractivity contribution < 1.29 is 41.0 Å². The van der Waals surface area contributed by atoms with Crippen molar-refractivity contribution in [1.82, 2.24) is 0 Å². The Morgan fingerprint density at radius 3 is 1.36 bits per heavy atom. The van der Waals surface area contributed by atoms with Crippen molar-refractivity contribution >= 4 is 10.1 Å². The van der Waals surface area contributed by atoms with Crippen LogP contribution in [-0.4, -0.2) is 64.0 Å². The van der Waals surface area contributed by atoms with Crippen molar-refractivity contribution in [3.8, 4) is 0 Å². The molecule has 1 saturated carbocycles. The van der Waals surface area contributed by atoms with E-state index >= 15 is 0 Å². The summed E-state index contributed by atoms with van der Waals surface area (Å²) in [6, 6.07) is 48.6. The first kappa shape index (κ1) is 41.2. The molecule has 0 saturated heterocycles. The highest BCUT2D eigenvalue weighted by Gasteiger charge is 2.65. The lowest BCUT2D eigenvalue weighted by molar-refractivity contribution is -0.322. The molecule has 9 nitrogen and oxygen atoms in total. The van der Waals surface area contributed by atoms with Crippen LogP contribution in [0.25, 0.3) is 0 Å². The first-order valence-electron chi connectivity index (χ1n) is 18.7. The van der Waals surface area contributed by atoms with Crippen LogP contribution in [0.2, 0.25) is 0 Å². The van der Waals surface area contributed by atoms with Crippen LogP contribution in [0.1, 0.15) is 27.8 Å². The molecule has 0 bridgehead atoms. The van der Waals surface area contributed by atoms with E-state index in [0.717, 1.165) is 34.1 Å². The highest BCUT2D eigenvalue weighted by Crippen LogP contribution is 2.43. The summed E-state index contributed by atoms with van der Waals surface area (Å²) in [5.41, 5.74) is 2.84. The van der Waals surface area contributed by atoms with Crippen molar-refractivity contribution in [1.29, 1.82) is 0 Å². The zero-order valence-electron chi connectivity index (χ0n) is 31.6. The van der Waals surface area contributed by atoms with Gasteiger partial charge in [0.15, 0.2) is 5.60 Å². The second-order valence-electron chi connectivity index (χ2n) is 13.8. The minimum Gasteiger partial charge on any atom is -0.374 e. The fourth-order valence-corrected chi connectivity index (χ4v) is 7.55. The molecule has 1 fully saturated rings. The normalized spacial score (nSPS) is 22.4. The average Bonchev–Trinajstić information content (AvgIpc) is 3.23. The fourth-order valence-electron chi connectivity index (χ4n) is 6.90. The van der Waals surface area contributed by atoms with E-state index in [1.807, 2.05) is 152 Å². The van der Waals surface area contributed by atoms with Crippen LogP contribution in [0.4, 0.5) is 0 Å². The molecule has 56 heavy (non-hydrogen) atoms. The Bertz CT molecular complexity index is 1980. The predicted molar refractivity (Wildman–Crippen MR) is 215 cm³/mol. The summed E-state index contributed by atoms with van der Waals surface area (Å²) in [7, 11) is -4.16. The van der Waals surface area contributed by atoms with E-state index in [4.69, 9.17) is 32.6 Å². The largest absolute Gasteiger partial charge is 0.374 e. The molecule has 294 valence electrons. The van der Waals surface area contributed by atoms with Crippen LogP contribution in [0.5, 0.6) is 0 Å². The number of hydrogen-bond donors (Lipinski definition) is 0. The first-order valence-corrected chi connectivity index (χ1v) is 20.5. The van der Waals surface area contributed by atoms with Crippen molar-refractivity contribution in [3.63, 3.8) is 0 Å². The van der Waals surface area contributed by atoms with Crippen molar-refractivity contribution in [2.45, 2.75) is 69.2 Å². The van der Waals surface area contributed by atoms with Crippen LogP contribution in [0.15, 0.2) is 164 Å². The van der Waals surface area contributed by atoms with Gasteiger partial charge in [0.1, 0.15) is 30.5 Å². The minimum absolute atomic E-state index is 0.0556. The maximum atomic E-state index is 13.4. The van der Waals surface area contributed by atoms with Gasteiger partial charge in [0, 0.05) is 0 Å². The summed E-state index contributed by atoms with van der Waals surface area (Å²) in [6.45, 7) is 4.57. The average molecular weight is 779 g/mol. The van der Waals surface area contributed by atoms with Gasteiger partial charge in [0.25, 0.3) is 10.1 Å². The van der Waals surface area contributed by atoms with Crippen molar-refractivity contribution in [2.24, 2.45) is 0 Å². The molecule has 0 amide bonds. The van der Waals surface area contributed by atoms with Gasteiger partial charge in [-0.05, 0) is 27.8 Å². The van der Waals surface area contributed by atoms with Gasteiger partial charge in [-0.2, -0.15) is 8.42 Å². The lowest BCUT2D eigenvalue weighted by Gasteiger charge is -2.55. The number of hydrogen-bond acceptors (Lipinski definition) is 9. The van der Waals surface area contributed by atoms with E-state index in [1.54, 1.807) is 6.08 Å². The van der Waals surface area contributed by atoms with Crippen LogP contribution < -0.4 is 0 Å². The number of benzene rings is 5. The van der Waals surface area contributed by atoms with Gasteiger partial charge >= 0.3 is 0 Å². The second-order valence-corrected chi connectivity index (χ2v) is 15.4. The van der Waals surface area contributed by atoms with E-state index in [9.17, 15) is 8.42 Å². The summed E-state index contributed by atoms with van der Waals surface area (Å²) in [4.78, 5) is 0. The molecule has 0 unspecified atom stereocenters. The van der Waals surface area contributed by atoms with E-state index in [2.05, 4.69) is 6.58 Å². The highest BCUT2D eigenvalue weighted by molar-refractivity contribution is 7.86. The molecule has 0 radical (unpaired) electrons. The van der Waals surface area contributed by atoms with Crippen LogP contribution in [0.3, 0.4) is 0 Å². The standard InChI is InChI=1S/C46H50O9S/c1-3-29-50-43-41(51-31-37-21-11-5-12-22-37)42(52-32-38-23-13-6-14-24-38)44(53-33-39-25-15-7-16-26-39)46(45(43)55-56(2,47)48,54-34-40-27-17-8-18-28-40)35-49-30-36-19-9-4-10-20-36/h3-28,41-45H,1,29-35H2,2H3/t41-,42-,43-,44+,45+,46+/m1/s1. The minimum atomic E-state index is -4.16. The monoisotopic (exact) mass is 778 g/mol. The Morgan fingerprint density at radius 2 is 0.911 bits per heavy atom.